The Morgan fingerprint density at radius 2 is 2.00 bits per heavy atom. The summed E-state index contributed by atoms with van der Waals surface area (Å²) in [5.74, 6) is 2.69. The topological polar surface area (TPSA) is 37.8 Å². The molecule has 4 rings (SSSR count). The van der Waals surface area contributed by atoms with Gasteiger partial charge in [0.15, 0.2) is 5.82 Å². The molecule has 108 valence electrons. The van der Waals surface area contributed by atoms with Crippen LogP contribution in [0, 0.1) is 0 Å². The van der Waals surface area contributed by atoms with Crippen LogP contribution in [0.15, 0.2) is 24.3 Å². The molecule has 1 saturated carbocycles. The Morgan fingerprint density at radius 1 is 1.14 bits per heavy atom. The molecule has 0 amide bonds. The van der Waals surface area contributed by atoms with Gasteiger partial charge in [0.2, 0.25) is 0 Å². The molecule has 0 unspecified atom stereocenters. The maximum absolute atomic E-state index is 4.89. The molecular formula is C18H21N3. The lowest BCUT2D eigenvalue weighted by molar-refractivity contribution is 0.899. The van der Waals surface area contributed by atoms with E-state index in [1.165, 1.54) is 41.6 Å². The van der Waals surface area contributed by atoms with Gasteiger partial charge < -0.3 is 5.32 Å². The van der Waals surface area contributed by atoms with Crippen LogP contribution in [-0.2, 0) is 12.8 Å². The lowest BCUT2D eigenvalue weighted by atomic mass is 10.0. The zero-order valence-corrected chi connectivity index (χ0v) is 12.5. The summed E-state index contributed by atoms with van der Waals surface area (Å²) < 4.78 is 0. The first-order valence-electron chi connectivity index (χ1n) is 8.09. The highest BCUT2D eigenvalue weighted by atomic mass is 15.0. The van der Waals surface area contributed by atoms with Crippen LogP contribution >= 0.6 is 0 Å². The third-order valence-electron chi connectivity index (χ3n) is 4.50. The molecule has 1 fully saturated rings. The van der Waals surface area contributed by atoms with E-state index in [4.69, 9.17) is 9.97 Å². The van der Waals surface area contributed by atoms with Crippen molar-refractivity contribution in [2.45, 2.75) is 44.9 Å². The van der Waals surface area contributed by atoms with Gasteiger partial charge in [-0.1, -0.05) is 24.3 Å². The third-order valence-corrected chi connectivity index (χ3v) is 4.50. The lowest BCUT2D eigenvalue weighted by Crippen LogP contribution is -2.07. The Hall–Kier alpha value is -1.90. The molecule has 0 atom stereocenters. The Bertz CT molecular complexity index is 674. The summed E-state index contributed by atoms with van der Waals surface area (Å²) >= 11 is 0. The quantitative estimate of drug-likeness (QED) is 0.921. The molecule has 2 aromatic rings. The molecule has 3 nitrogen and oxygen atoms in total. The SMILES string of the molecule is CCNc1nc(-c2ccccc2C2CC2)nc2c1CCC2. The van der Waals surface area contributed by atoms with Crippen LogP contribution in [0.3, 0.4) is 0 Å². The van der Waals surface area contributed by atoms with E-state index in [1.807, 2.05) is 0 Å². The van der Waals surface area contributed by atoms with E-state index in [0.29, 0.717) is 0 Å². The van der Waals surface area contributed by atoms with E-state index in [1.54, 1.807) is 0 Å². The first-order valence-corrected chi connectivity index (χ1v) is 8.09. The summed E-state index contributed by atoms with van der Waals surface area (Å²) in [6.07, 6.45) is 6.03. The van der Waals surface area contributed by atoms with Crippen molar-refractivity contribution in [1.82, 2.24) is 9.97 Å². The fourth-order valence-corrected chi connectivity index (χ4v) is 3.32. The number of nitrogens with zero attached hydrogens (tertiary/aromatic N) is 2. The summed E-state index contributed by atoms with van der Waals surface area (Å²) in [4.78, 5) is 9.74. The standard InChI is InChI=1S/C18H21N3/c1-2-19-17-15-8-5-9-16(15)20-18(21-17)14-7-4-3-6-13(14)12-10-11-12/h3-4,6-7,12H,2,5,8-11H2,1H3,(H,19,20,21). The van der Waals surface area contributed by atoms with Crippen LogP contribution in [0.25, 0.3) is 11.4 Å². The average Bonchev–Trinajstić information content (AvgIpc) is 3.25. The van der Waals surface area contributed by atoms with Gasteiger partial charge >= 0.3 is 0 Å². The monoisotopic (exact) mass is 279 g/mol. The van der Waals surface area contributed by atoms with Crippen molar-refractivity contribution < 1.29 is 0 Å². The van der Waals surface area contributed by atoms with E-state index in [2.05, 4.69) is 36.5 Å². The fraction of sp³-hybridized carbons (Fsp3) is 0.444. The number of benzene rings is 1. The van der Waals surface area contributed by atoms with Gasteiger partial charge in [-0.2, -0.15) is 0 Å². The maximum Gasteiger partial charge on any atom is 0.162 e. The second kappa shape index (κ2) is 5.14. The molecule has 21 heavy (non-hydrogen) atoms. The third kappa shape index (κ3) is 2.31. The van der Waals surface area contributed by atoms with Crippen molar-refractivity contribution >= 4 is 5.82 Å². The van der Waals surface area contributed by atoms with Crippen LogP contribution in [0.5, 0.6) is 0 Å². The lowest BCUT2D eigenvalue weighted by Gasteiger charge is -2.13. The van der Waals surface area contributed by atoms with Crippen molar-refractivity contribution in [3.05, 3.63) is 41.1 Å². The Morgan fingerprint density at radius 3 is 2.81 bits per heavy atom. The minimum Gasteiger partial charge on any atom is -0.370 e. The van der Waals surface area contributed by atoms with Crippen molar-refractivity contribution in [3.63, 3.8) is 0 Å². The highest BCUT2D eigenvalue weighted by molar-refractivity contribution is 5.65. The maximum atomic E-state index is 4.89. The number of fused-ring (bicyclic) bond motifs is 1. The molecular weight excluding hydrogens is 258 g/mol. The first-order chi connectivity index (χ1) is 10.4. The minimum atomic E-state index is 0.723. The highest BCUT2D eigenvalue weighted by Gasteiger charge is 2.28. The zero-order valence-electron chi connectivity index (χ0n) is 12.5. The number of rotatable bonds is 4. The van der Waals surface area contributed by atoms with Gasteiger partial charge in [0.1, 0.15) is 5.82 Å². The van der Waals surface area contributed by atoms with Crippen molar-refractivity contribution in [1.29, 1.82) is 0 Å². The molecule has 1 N–H and O–H groups in total. The second-order valence-electron chi connectivity index (χ2n) is 6.07. The molecule has 1 heterocycles. The fourth-order valence-electron chi connectivity index (χ4n) is 3.32. The van der Waals surface area contributed by atoms with Gasteiger partial charge in [-0.3, -0.25) is 0 Å². The summed E-state index contributed by atoms with van der Waals surface area (Å²) in [5, 5.41) is 3.43. The van der Waals surface area contributed by atoms with E-state index in [9.17, 15) is 0 Å². The largest absolute Gasteiger partial charge is 0.370 e. The molecule has 1 aromatic carbocycles. The predicted molar refractivity (Wildman–Crippen MR) is 85.6 cm³/mol. The molecule has 0 saturated heterocycles. The number of nitrogens with one attached hydrogen (secondary N) is 1. The van der Waals surface area contributed by atoms with E-state index in [-0.39, 0.29) is 0 Å². The molecule has 0 radical (unpaired) electrons. The Kier molecular flexibility index (Phi) is 3.13. The smallest absolute Gasteiger partial charge is 0.162 e. The average molecular weight is 279 g/mol. The number of aryl methyl sites for hydroxylation is 1. The summed E-state index contributed by atoms with van der Waals surface area (Å²) in [6, 6.07) is 8.66. The summed E-state index contributed by atoms with van der Waals surface area (Å²) in [6.45, 7) is 3.04. The summed E-state index contributed by atoms with van der Waals surface area (Å²) in [7, 11) is 0. The van der Waals surface area contributed by atoms with E-state index >= 15 is 0 Å². The number of hydrogen-bond acceptors (Lipinski definition) is 3. The van der Waals surface area contributed by atoms with Crippen molar-refractivity contribution in [3.8, 4) is 11.4 Å². The Labute approximate surface area is 125 Å². The number of aromatic nitrogens is 2. The van der Waals surface area contributed by atoms with Crippen molar-refractivity contribution in [2.75, 3.05) is 11.9 Å². The molecule has 2 aliphatic carbocycles. The van der Waals surface area contributed by atoms with Crippen LogP contribution in [0.2, 0.25) is 0 Å². The molecule has 0 aliphatic heterocycles. The number of anilines is 1. The van der Waals surface area contributed by atoms with Crippen molar-refractivity contribution in [2.24, 2.45) is 0 Å². The molecule has 2 aliphatic rings. The van der Waals surface area contributed by atoms with Gasteiger partial charge in [0.05, 0.1) is 0 Å². The van der Waals surface area contributed by atoms with Crippen LogP contribution < -0.4 is 5.32 Å². The van der Waals surface area contributed by atoms with Crippen LogP contribution in [-0.4, -0.2) is 16.5 Å². The number of hydrogen-bond donors (Lipinski definition) is 1. The van der Waals surface area contributed by atoms with Crippen LogP contribution in [0.1, 0.15) is 48.9 Å². The van der Waals surface area contributed by atoms with Gasteiger partial charge in [-0.05, 0) is 50.5 Å². The van der Waals surface area contributed by atoms with E-state index in [0.717, 1.165) is 36.9 Å². The molecule has 3 heteroatoms. The predicted octanol–water partition coefficient (Wildman–Crippen LogP) is 3.94. The van der Waals surface area contributed by atoms with Gasteiger partial charge in [-0.25, -0.2) is 9.97 Å². The van der Waals surface area contributed by atoms with E-state index < -0.39 is 0 Å². The normalized spacial score (nSPS) is 16.8. The second-order valence-corrected chi connectivity index (χ2v) is 6.07. The first kappa shape index (κ1) is 12.8. The minimum absolute atomic E-state index is 0.723. The Balaban J connectivity index is 1.84. The van der Waals surface area contributed by atoms with Gasteiger partial charge in [0.25, 0.3) is 0 Å². The van der Waals surface area contributed by atoms with Crippen LogP contribution in [0.4, 0.5) is 5.82 Å². The molecule has 0 bridgehead atoms. The zero-order chi connectivity index (χ0) is 14.2. The van der Waals surface area contributed by atoms with Gasteiger partial charge in [0, 0.05) is 23.4 Å². The summed E-state index contributed by atoms with van der Waals surface area (Å²) in [5.41, 5.74) is 5.25. The molecule has 1 aromatic heterocycles. The highest BCUT2D eigenvalue weighted by Crippen LogP contribution is 2.44. The van der Waals surface area contributed by atoms with Gasteiger partial charge in [-0.15, -0.1) is 0 Å². The molecule has 0 spiro atoms.